The monoisotopic (exact) mass is 350 g/mol. The fourth-order valence-electron chi connectivity index (χ4n) is 2.94. The number of nitrogens with zero attached hydrogens (tertiary/aromatic N) is 2. The third kappa shape index (κ3) is 3.85. The van der Waals surface area contributed by atoms with Gasteiger partial charge in [0.1, 0.15) is 5.75 Å². The van der Waals surface area contributed by atoms with E-state index in [1.807, 2.05) is 31.6 Å². The summed E-state index contributed by atoms with van der Waals surface area (Å²) in [6.45, 7) is 8.27. The highest BCUT2D eigenvalue weighted by Crippen LogP contribution is 2.35. The van der Waals surface area contributed by atoms with Gasteiger partial charge in [-0.05, 0) is 68.8 Å². The molecule has 0 radical (unpaired) electrons. The number of rotatable bonds is 4. The van der Waals surface area contributed by atoms with Crippen molar-refractivity contribution in [2.45, 2.75) is 32.6 Å². The normalized spacial score (nSPS) is 10.8. The molecule has 128 valence electrons. The van der Waals surface area contributed by atoms with E-state index in [2.05, 4.69) is 50.0 Å². The van der Waals surface area contributed by atoms with Crippen LogP contribution in [0.25, 0.3) is 11.3 Å². The average Bonchev–Trinajstić information content (AvgIpc) is 2.58. The maximum absolute atomic E-state index is 6.26. The van der Waals surface area contributed by atoms with E-state index < -0.39 is 0 Å². The SMILES string of the molecule is CSc1ccc(-c2cncc(C)c2)nc1Oc1c(C)cc(C)cc1C. The molecular weight excluding hydrogens is 328 g/mol. The number of ether oxygens (including phenoxy) is 1. The number of hydrogen-bond donors (Lipinski definition) is 0. The number of pyridine rings is 2. The van der Waals surface area contributed by atoms with Crippen LogP contribution in [0.2, 0.25) is 0 Å². The molecule has 0 unspecified atom stereocenters. The second-order valence-electron chi connectivity index (χ2n) is 6.28. The highest BCUT2D eigenvalue weighted by molar-refractivity contribution is 7.98. The first-order valence-corrected chi connectivity index (χ1v) is 9.43. The molecule has 0 aliphatic rings. The van der Waals surface area contributed by atoms with Crippen LogP contribution in [0.15, 0.2) is 47.6 Å². The Labute approximate surface area is 153 Å². The smallest absolute Gasteiger partial charge is 0.233 e. The molecule has 0 N–H and O–H groups in total. The Morgan fingerprint density at radius 2 is 1.60 bits per heavy atom. The summed E-state index contributed by atoms with van der Waals surface area (Å²) < 4.78 is 6.26. The molecule has 0 aliphatic heterocycles. The Morgan fingerprint density at radius 3 is 2.24 bits per heavy atom. The van der Waals surface area contributed by atoms with E-state index >= 15 is 0 Å². The van der Waals surface area contributed by atoms with Crippen LogP contribution in [0.4, 0.5) is 0 Å². The molecule has 3 aromatic rings. The number of aryl methyl sites for hydroxylation is 4. The van der Waals surface area contributed by atoms with Gasteiger partial charge in [-0.1, -0.05) is 17.7 Å². The molecule has 0 aliphatic carbocycles. The van der Waals surface area contributed by atoms with Crippen LogP contribution in [0.1, 0.15) is 22.3 Å². The quantitative estimate of drug-likeness (QED) is 0.549. The number of hydrogen-bond acceptors (Lipinski definition) is 4. The van der Waals surface area contributed by atoms with Crippen molar-refractivity contribution in [3.05, 3.63) is 65.0 Å². The molecule has 0 saturated heterocycles. The second kappa shape index (κ2) is 7.28. The molecule has 3 nitrogen and oxygen atoms in total. The highest BCUT2D eigenvalue weighted by atomic mass is 32.2. The fourth-order valence-corrected chi connectivity index (χ4v) is 3.40. The number of benzene rings is 1. The van der Waals surface area contributed by atoms with Crippen molar-refractivity contribution in [1.82, 2.24) is 9.97 Å². The molecule has 0 amide bonds. The topological polar surface area (TPSA) is 35.0 Å². The maximum Gasteiger partial charge on any atom is 0.233 e. The Morgan fingerprint density at radius 1 is 0.880 bits per heavy atom. The Hall–Kier alpha value is -2.33. The number of thioether (sulfide) groups is 1. The van der Waals surface area contributed by atoms with Gasteiger partial charge >= 0.3 is 0 Å². The van der Waals surface area contributed by atoms with E-state index in [0.29, 0.717) is 5.88 Å². The van der Waals surface area contributed by atoms with E-state index in [9.17, 15) is 0 Å². The van der Waals surface area contributed by atoms with Crippen LogP contribution in [0, 0.1) is 27.7 Å². The van der Waals surface area contributed by atoms with Gasteiger partial charge in [0.2, 0.25) is 5.88 Å². The Kier molecular flexibility index (Phi) is 5.09. The van der Waals surface area contributed by atoms with E-state index in [1.165, 1.54) is 5.56 Å². The summed E-state index contributed by atoms with van der Waals surface area (Å²) in [7, 11) is 0. The zero-order chi connectivity index (χ0) is 18.0. The first-order chi connectivity index (χ1) is 12.0. The molecule has 3 rings (SSSR count). The minimum Gasteiger partial charge on any atom is -0.437 e. The molecule has 1 aromatic carbocycles. The summed E-state index contributed by atoms with van der Waals surface area (Å²) >= 11 is 1.63. The summed E-state index contributed by atoms with van der Waals surface area (Å²) in [5, 5.41) is 0. The first kappa shape index (κ1) is 17.5. The summed E-state index contributed by atoms with van der Waals surface area (Å²) in [5.41, 5.74) is 6.45. The van der Waals surface area contributed by atoms with Crippen molar-refractivity contribution in [1.29, 1.82) is 0 Å². The minimum absolute atomic E-state index is 0.640. The Balaban J connectivity index is 2.05. The fraction of sp³-hybridized carbons (Fsp3) is 0.238. The predicted octanol–water partition coefficient (Wildman–Crippen LogP) is 5.89. The summed E-state index contributed by atoms with van der Waals surface area (Å²) in [6, 6.07) is 10.4. The summed E-state index contributed by atoms with van der Waals surface area (Å²) in [4.78, 5) is 10.1. The predicted molar refractivity (Wildman–Crippen MR) is 105 cm³/mol. The van der Waals surface area contributed by atoms with Crippen LogP contribution in [-0.2, 0) is 0 Å². The van der Waals surface area contributed by atoms with Crippen LogP contribution in [0.5, 0.6) is 11.6 Å². The van der Waals surface area contributed by atoms with E-state index in [-0.39, 0.29) is 0 Å². The lowest BCUT2D eigenvalue weighted by molar-refractivity contribution is 0.444. The molecule has 2 aromatic heterocycles. The maximum atomic E-state index is 6.26. The van der Waals surface area contributed by atoms with Gasteiger partial charge in [0.05, 0.1) is 10.6 Å². The van der Waals surface area contributed by atoms with Crippen molar-refractivity contribution < 1.29 is 4.74 Å². The first-order valence-electron chi connectivity index (χ1n) is 8.20. The van der Waals surface area contributed by atoms with E-state index in [4.69, 9.17) is 9.72 Å². The van der Waals surface area contributed by atoms with Crippen molar-refractivity contribution in [2.24, 2.45) is 0 Å². The summed E-state index contributed by atoms with van der Waals surface area (Å²) in [5.74, 6) is 1.52. The van der Waals surface area contributed by atoms with Crippen molar-refractivity contribution in [3.8, 4) is 22.9 Å². The van der Waals surface area contributed by atoms with Crippen molar-refractivity contribution in [2.75, 3.05) is 6.26 Å². The minimum atomic E-state index is 0.640. The van der Waals surface area contributed by atoms with Gasteiger partial charge in [-0.2, -0.15) is 0 Å². The molecular formula is C21H22N2OS. The van der Waals surface area contributed by atoms with Gasteiger partial charge in [0.15, 0.2) is 0 Å². The van der Waals surface area contributed by atoms with Gasteiger partial charge in [0, 0.05) is 18.0 Å². The molecule has 2 heterocycles. The van der Waals surface area contributed by atoms with Crippen molar-refractivity contribution >= 4 is 11.8 Å². The third-order valence-corrected chi connectivity index (χ3v) is 4.77. The molecule has 0 fully saturated rings. The Bertz CT molecular complexity index is 899. The van der Waals surface area contributed by atoms with Gasteiger partial charge < -0.3 is 4.74 Å². The number of aromatic nitrogens is 2. The van der Waals surface area contributed by atoms with Crippen LogP contribution in [0.3, 0.4) is 0 Å². The van der Waals surface area contributed by atoms with E-state index in [1.54, 1.807) is 11.8 Å². The van der Waals surface area contributed by atoms with Crippen LogP contribution < -0.4 is 4.74 Å². The molecule has 25 heavy (non-hydrogen) atoms. The largest absolute Gasteiger partial charge is 0.437 e. The molecule has 0 spiro atoms. The van der Waals surface area contributed by atoms with Crippen molar-refractivity contribution in [3.63, 3.8) is 0 Å². The van der Waals surface area contributed by atoms with Gasteiger partial charge in [-0.25, -0.2) is 4.98 Å². The molecule has 4 heteroatoms. The summed E-state index contributed by atoms with van der Waals surface area (Å²) in [6.07, 6.45) is 5.71. The lowest BCUT2D eigenvalue weighted by Gasteiger charge is -2.15. The van der Waals surface area contributed by atoms with Gasteiger partial charge in [-0.3, -0.25) is 4.98 Å². The van der Waals surface area contributed by atoms with Gasteiger partial charge in [-0.15, -0.1) is 11.8 Å². The lowest BCUT2D eigenvalue weighted by Crippen LogP contribution is -1.97. The average molecular weight is 350 g/mol. The zero-order valence-corrected chi connectivity index (χ0v) is 16.1. The van der Waals surface area contributed by atoms with Crippen LogP contribution >= 0.6 is 11.8 Å². The van der Waals surface area contributed by atoms with E-state index in [0.717, 1.165) is 38.6 Å². The van der Waals surface area contributed by atoms with Gasteiger partial charge in [0.25, 0.3) is 0 Å². The highest BCUT2D eigenvalue weighted by Gasteiger charge is 2.13. The lowest BCUT2D eigenvalue weighted by atomic mass is 10.1. The van der Waals surface area contributed by atoms with Crippen LogP contribution in [-0.4, -0.2) is 16.2 Å². The molecule has 0 atom stereocenters. The second-order valence-corrected chi connectivity index (χ2v) is 7.13. The zero-order valence-electron chi connectivity index (χ0n) is 15.3. The molecule has 0 saturated carbocycles. The molecule has 0 bridgehead atoms. The standard InChI is InChI=1S/C21H22N2OS/c1-13-8-15(3)20(16(4)9-13)24-21-19(25-5)7-6-18(23-21)17-10-14(2)11-22-12-17/h6-12H,1-5H3. The third-order valence-electron chi connectivity index (χ3n) is 4.02.